The van der Waals surface area contributed by atoms with Gasteiger partial charge >= 0.3 is 0 Å². The van der Waals surface area contributed by atoms with Crippen molar-refractivity contribution in [1.29, 1.82) is 0 Å². The molecule has 0 aromatic carbocycles. The zero-order chi connectivity index (χ0) is 20.7. The van der Waals surface area contributed by atoms with Crippen LogP contribution in [0.1, 0.15) is 30.2 Å². The van der Waals surface area contributed by atoms with Crippen molar-refractivity contribution in [2.75, 3.05) is 17.6 Å². The van der Waals surface area contributed by atoms with E-state index in [0.29, 0.717) is 5.13 Å². The molecule has 0 amide bonds. The van der Waals surface area contributed by atoms with E-state index in [9.17, 15) is 0 Å². The smallest absolute Gasteiger partial charge is 0.180 e. The summed E-state index contributed by atoms with van der Waals surface area (Å²) in [4.78, 5) is 14.5. The minimum atomic E-state index is 0.602. The fourth-order valence-electron chi connectivity index (χ4n) is 4.01. The van der Waals surface area contributed by atoms with E-state index in [2.05, 4.69) is 40.2 Å². The molecule has 7 nitrogen and oxygen atoms in total. The van der Waals surface area contributed by atoms with Crippen LogP contribution in [-0.4, -0.2) is 31.3 Å². The lowest BCUT2D eigenvalue weighted by molar-refractivity contribution is 0.818. The molecule has 1 aliphatic carbocycles. The van der Waals surface area contributed by atoms with Gasteiger partial charge in [-0.1, -0.05) is 11.3 Å². The maximum absolute atomic E-state index is 6.10. The minimum Gasteiger partial charge on any atom is -0.375 e. The molecule has 0 saturated heterocycles. The lowest BCUT2D eigenvalue weighted by atomic mass is 10.0. The molecule has 3 N–H and O–H groups in total. The quantitative estimate of drug-likeness (QED) is 0.515. The second-order valence-electron chi connectivity index (χ2n) is 7.39. The van der Waals surface area contributed by atoms with Gasteiger partial charge in [0.15, 0.2) is 5.13 Å². The lowest BCUT2D eigenvalue weighted by Gasteiger charge is -2.09. The van der Waals surface area contributed by atoms with Gasteiger partial charge in [0, 0.05) is 36.3 Å². The number of hydrogen-bond acceptors (Lipinski definition) is 7. The average molecular weight is 418 g/mol. The van der Waals surface area contributed by atoms with Gasteiger partial charge in [-0.3, -0.25) is 4.98 Å². The number of rotatable bonds is 4. The van der Waals surface area contributed by atoms with E-state index in [1.54, 1.807) is 11.3 Å². The van der Waals surface area contributed by atoms with Gasteiger partial charge in [-0.25, -0.2) is 14.6 Å². The number of pyridine rings is 2. The topological polar surface area (TPSA) is 94.5 Å². The Kier molecular flexibility index (Phi) is 4.71. The summed E-state index contributed by atoms with van der Waals surface area (Å²) in [7, 11) is 0. The van der Waals surface area contributed by atoms with Crippen LogP contribution >= 0.6 is 11.3 Å². The van der Waals surface area contributed by atoms with E-state index < -0.39 is 0 Å². The summed E-state index contributed by atoms with van der Waals surface area (Å²) in [5, 5.41) is 8.94. The van der Waals surface area contributed by atoms with Crippen molar-refractivity contribution in [1.82, 2.24) is 24.7 Å². The Morgan fingerprint density at radius 3 is 2.87 bits per heavy atom. The van der Waals surface area contributed by atoms with Crippen LogP contribution < -0.4 is 11.1 Å². The molecule has 0 aliphatic heterocycles. The largest absolute Gasteiger partial charge is 0.375 e. The molecule has 0 fully saturated rings. The molecule has 4 heterocycles. The van der Waals surface area contributed by atoms with Crippen molar-refractivity contribution in [3.63, 3.8) is 0 Å². The highest BCUT2D eigenvalue weighted by Crippen LogP contribution is 2.42. The van der Waals surface area contributed by atoms with Crippen molar-refractivity contribution in [3.05, 3.63) is 53.6 Å². The van der Waals surface area contributed by atoms with Gasteiger partial charge in [-0.05, 0) is 56.9 Å². The molecule has 4 aromatic heterocycles. The van der Waals surface area contributed by atoms with E-state index in [4.69, 9.17) is 10.8 Å². The summed E-state index contributed by atoms with van der Waals surface area (Å²) in [6, 6.07) is 6.10. The summed E-state index contributed by atoms with van der Waals surface area (Å²) < 4.78 is 2.04. The summed E-state index contributed by atoms with van der Waals surface area (Å²) in [5.41, 5.74) is 13.6. The summed E-state index contributed by atoms with van der Waals surface area (Å²) in [5.74, 6) is 0.870. The predicted octanol–water partition coefficient (Wildman–Crippen LogP) is 4.26. The summed E-state index contributed by atoms with van der Waals surface area (Å²) >= 11 is 1.54. The van der Waals surface area contributed by atoms with Gasteiger partial charge in [0.25, 0.3) is 0 Å². The summed E-state index contributed by atoms with van der Waals surface area (Å²) in [6.07, 6.45) is 8.45. The second-order valence-corrected chi connectivity index (χ2v) is 8.42. The third-order valence-corrected chi connectivity index (χ3v) is 6.30. The first-order valence-corrected chi connectivity index (χ1v) is 11.0. The van der Waals surface area contributed by atoms with Crippen LogP contribution in [0.2, 0.25) is 0 Å². The number of fused-ring (bicyclic) bond motifs is 3. The number of nitrogens with one attached hydrogen (secondary N) is 1. The Hall–Kier alpha value is -3.26. The SMILES string of the molecule is CCNc1ccc(-c2nn(-c3ccncc3C)c3c2CCCc2nc(N)sc2-3)cn1. The van der Waals surface area contributed by atoms with Crippen LogP contribution in [0.25, 0.3) is 27.5 Å². The maximum atomic E-state index is 6.10. The predicted molar refractivity (Wildman–Crippen MR) is 121 cm³/mol. The molecule has 8 heteroatoms. The molecule has 0 spiro atoms. The third kappa shape index (κ3) is 3.13. The number of aryl methyl sites for hydroxylation is 2. The van der Waals surface area contributed by atoms with E-state index in [1.165, 1.54) is 5.56 Å². The molecule has 0 atom stereocenters. The minimum absolute atomic E-state index is 0.602. The van der Waals surface area contributed by atoms with Gasteiger partial charge in [-0.2, -0.15) is 5.10 Å². The first-order chi connectivity index (χ1) is 14.7. The Bertz CT molecular complexity index is 1210. The molecule has 1 aliphatic rings. The van der Waals surface area contributed by atoms with Crippen LogP contribution in [0.15, 0.2) is 36.8 Å². The number of nitrogens with zero attached hydrogens (tertiary/aromatic N) is 5. The highest BCUT2D eigenvalue weighted by Gasteiger charge is 2.28. The van der Waals surface area contributed by atoms with E-state index in [1.807, 2.05) is 35.4 Å². The molecule has 0 unspecified atom stereocenters. The molecular weight excluding hydrogens is 394 g/mol. The van der Waals surface area contributed by atoms with Crippen LogP contribution in [0, 0.1) is 6.92 Å². The molecule has 5 rings (SSSR count). The molecule has 152 valence electrons. The van der Waals surface area contributed by atoms with Crippen molar-refractivity contribution < 1.29 is 0 Å². The van der Waals surface area contributed by atoms with Crippen molar-refractivity contribution >= 4 is 22.3 Å². The Morgan fingerprint density at radius 1 is 1.20 bits per heavy atom. The zero-order valence-corrected chi connectivity index (χ0v) is 17.8. The fraction of sp³-hybridized carbons (Fsp3) is 0.273. The van der Waals surface area contributed by atoms with Gasteiger partial charge in [0.1, 0.15) is 5.82 Å². The molecule has 4 aromatic rings. The molecule has 0 saturated carbocycles. The Morgan fingerprint density at radius 2 is 2.10 bits per heavy atom. The first-order valence-electron chi connectivity index (χ1n) is 10.1. The van der Waals surface area contributed by atoms with Gasteiger partial charge < -0.3 is 11.1 Å². The third-order valence-electron chi connectivity index (χ3n) is 5.37. The zero-order valence-electron chi connectivity index (χ0n) is 17.0. The monoisotopic (exact) mass is 417 g/mol. The number of nitrogen functional groups attached to an aromatic ring is 1. The Labute approximate surface area is 179 Å². The van der Waals surface area contributed by atoms with Crippen molar-refractivity contribution in [3.8, 4) is 27.5 Å². The molecule has 30 heavy (non-hydrogen) atoms. The highest BCUT2D eigenvalue weighted by atomic mass is 32.1. The van der Waals surface area contributed by atoms with Gasteiger partial charge in [-0.15, -0.1) is 0 Å². The van der Waals surface area contributed by atoms with Gasteiger partial charge in [0.05, 0.1) is 27.6 Å². The van der Waals surface area contributed by atoms with E-state index in [0.717, 1.165) is 70.4 Å². The van der Waals surface area contributed by atoms with Crippen molar-refractivity contribution in [2.24, 2.45) is 0 Å². The van der Waals surface area contributed by atoms with Crippen LogP contribution in [0.5, 0.6) is 0 Å². The number of aromatic nitrogens is 5. The standard InChI is InChI=1S/C22H23N7S/c1-3-25-18-8-7-14(12-26-18)19-15-5-4-6-16-21(30-22(23)27-16)20(15)29(28-19)17-9-10-24-11-13(17)2/h7-12H,3-6H2,1-2H3,(H2,23,27)(H,25,26). The molecule has 0 radical (unpaired) electrons. The van der Waals surface area contributed by atoms with E-state index in [-0.39, 0.29) is 0 Å². The number of nitrogens with two attached hydrogens (primary N) is 1. The van der Waals surface area contributed by atoms with Crippen LogP contribution in [0.4, 0.5) is 10.9 Å². The Balaban J connectivity index is 1.75. The molecular formula is C22H23N7S. The van der Waals surface area contributed by atoms with Crippen molar-refractivity contribution in [2.45, 2.75) is 33.1 Å². The van der Waals surface area contributed by atoms with Gasteiger partial charge in [0.2, 0.25) is 0 Å². The molecule has 0 bridgehead atoms. The number of thiazole rings is 1. The maximum Gasteiger partial charge on any atom is 0.180 e. The van der Waals surface area contributed by atoms with Crippen LogP contribution in [0.3, 0.4) is 0 Å². The highest BCUT2D eigenvalue weighted by molar-refractivity contribution is 7.18. The lowest BCUT2D eigenvalue weighted by Crippen LogP contribution is -2.02. The second kappa shape index (κ2) is 7.53. The average Bonchev–Trinajstić information content (AvgIpc) is 3.24. The first kappa shape index (κ1) is 18.7. The fourth-order valence-corrected chi connectivity index (χ4v) is 4.94. The normalized spacial score (nSPS) is 12.9. The number of hydrogen-bond donors (Lipinski definition) is 2. The number of anilines is 2. The summed E-state index contributed by atoms with van der Waals surface area (Å²) in [6.45, 7) is 4.96. The van der Waals surface area contributed by atoms with E-state index >= 15 is 0 Å². The van der Waals surface area contributed by atoms with Crippen LogP contribution in [-0.2, 0) is 12.8 Å².